The number of anilines is 1. The summed E-state index contributed by atoms with van der Waals surface area (Å²) >= 11 is 6.13. The van der Waals surface area contributed by atoms with E-state index in [-0.39, 0.29) is 16.3 Å². The van der Waals surface area contributed by atoms with Crippen molar-refractivity contribution in [3.8, 4) is 0 Å². The van der Waals surface area contributed by atoms with Crippen molar-refractivity contribution in [2.75, 3.05) is 5.32 Å². The van der Waals surface area contributed by atoms with Crippen molar-refractivity contribution < 1.29 is 14.7 Å². The van der Waals surface area contributed by atoms with Gasteiger partial charge in [0.1, 0.15) is 0 Å². The van der Waals surface area contributed by atoms with Crippen molar-refractivity contribution in [3.05, 3.63) is 75.7 Å². The zero-order chi connectivity index (χ0) is 18.0. The molecule has 3 aromatic rings. The summed E-state index contributed by atoms with van der Waals surface area (Å²) < 4.78 is 0. The summed E-state index contributed by atoms with van der Waals surface area (Å²) in [6.07, 6.45) is 1.48. The number of carbonyl (C=O) groups is 2. The highest BCUT2D eigenvalue weighted by Gasteiger charge is 2.28. The summed E-state index contributed by atoms with van der Waals surface area (Å²) in [5.41, 5.74) is 0.303. The zero-order valence-corrected chi connectivity index (χ0v) is 13.6. The highest BCUT2D eigenvalue weighted by atomic mass is 35.5. The molecule has 25 heavy (non-hydrogen) atoms. The summed E-state index contributed by atoms with van der Waals surface area (Å²) in [5, 5.41) is 13.1. The first kappa shape index (κ1) is 16.7. The first-order valence-corrected chi connectivity index (χ1v) is 7.75. The molecule has 2 aromatic carbocycles. The molecule has 1 heterocycles. The van der Waals surface area contributed by atoms with Crippen molar-refractivity contribution in [1.29, 1.82) is 0 Å². The summed E-state index contributed by atoms with van der Waals surface area (Å²) in [4.78, 5) is 38.3. The van der Waals surface area contributed by atoms with Crippen LogP contribution in [-0.2, 0) is 9.59 Å². The minimum Gasteiger partial charge on any atom is -0.480 e. The van der Waals surface area contributed by atoms with Gasteiger partial charge in [-0.1, -0.05) is 41.9 Å². The summed E-state index contributed by atoms with van der Waals surface area (Å²) in [7, 11) is 0. The number of carboxylic acids is 1. The lowest BCUT2D eigenvalue weighted by Crippen LogP contribution is -2.27. The maximum atomic E-state index is 12.5. The quantitative estimate of drug-likeness (QED) is 0.626. The third-order valence-corrected chi connectivity index (χ3v) is 4.07. The smallest absolute Gasteiger partial charge is 0.320 e. The van der Waals surface area contributed by atoms with Crippen LogP contribution in [0.4, 0.5) is 5.69 Å². The van der Waals surface area contributed by atoms with Crippen LogP contribution in [0.1, 0.15) is 11.5 Å². The number of halogens is 1. The van der Waals surface area contributed by atoms with Gasteiger partial charge >= 0.3 is 5.97 Å². The van der Waals surface area contributed by atoms with Gasteiger partial charge in [0.15, 0.2) is 5.92 Å². The molecule has 0 saturated carbocycles. The molecule has 7 heteroatoms. The average Bonchev–Trinajstić information content (AvgIpc) is 2.57. The Kier molecular flexibility index (Phi) is 4.54. The Labute approximate surface area is 147 Å². The van der Waals surface area contributed by atoms with E-state index in [2.05, 4.69) is 10.3 Å². The molecule has 3 N–H and O–H groups in total. The van der Waals surface area contributed by atoms with E-state index < -0.39 is 17.8 Å². The van der Waals surface area contributed by atoms with E-state index in [1.165, 1.54) is 18.3 Å². The van der Waals surface area contributed by atoms with Gasteiger partial charge in [-0.15, -0.1) is 0 Å². The van der Waals surface area contributed by atoms with E-state index in [9.17, 15) is 19.5 Å². The first-order valence-electron chi connectivity index (χ1n) is 7.37. The number of hydrogen-bond acceptors (Lipinski definition) is 3. The van der Waals surface area contributed by atoms with Gasteiger partial charge in [0.25, 0.3) is 5.56 Å². The average molecular weight is 357 g/mol. The molecule has 1 unspecified atom stereocenters. The lowest BCUT2D eigenvalue weighted by molar-refractivity contribution is -0.141. The Morgan fingerprint density at radius 3 is 2.52 bits per heavy atom. The highest BCUT2D eigenvalue weighted by molar-refractivity contribution is 6.34. The largest absolute Gasteiger partial charge is 0.480 e. The predicted molar refractivity (Wildman–Crippen MR) is 95.0 cm³/mol. The van der Waals surface area contributed by atoms with Crippen molar-refractivity contribution in [3.63, 3.8) is 0 Å². The van der Waals surface area contributed by atoms with E-state index in [1.54, 1.807) is 36.4 Å². The van der Waals surface area contributed by atoms with Crippen LogP contribution in [0.25, 0.3) is 10.8 Å². The summed E-state index contributed by atoms with van der Waals surface area (Å²) in [6, 6.07) is 12.8. The second kappa shape index (κ2) is 6.78. The minimum atomic E-state index is -1.37. The van der Waals surface area contributed by atoms with E-state index in [0.29, 0.717) is 16.3 Å². The SMILES string of the molecule is O=C(O)C(C(=O)Nc1cc2cc[nH]c(=O)c2cc1Cl)c1ccccc1. The van der Waals surface area contributed by atoms with Crippen LogP contribution in [0.15, 0.2) is 59.5 Å². The maximum absolute atomic E-state index is 12.5. The van der Waals surface area contributed by atoms with Crippen molar-refractivity contribution in [1.82, 2.24) is 4.98 Å². The summed E-state index contributed by atoms with van der Waals surface area (Å²) in [6.45, 7) is 0. The number of carbonyl (C=O) groups excluding carboxylic acids is 1. The molecule has 1 amide bonds. The van der Waals surface area contributed by atoms with Gasteiger partial charge in [-0.3, -0.25) is 14.4 Å². The van der Waals surface area contributed by atoms with E-state index >= 15 is 0 Å². The Morgan fingerprint density at radius 2 is 1.84 bits per heavy atom. The Hall–Kier alpha value is -3.12. The number of amides is 1. The van der Waals surface area contributed by atoms with Crippen LogP contribution in [0, 0.1) is 0 Å². The van der Waals surface area contributed by atoms with Gasteiger partial charge in [0, 0.05) is 11.6 Å². The highest BCUT2D eigenvalue weighted by Crippen LogP contribution is 2.28. The molecule has 0 spiro atoms. The monoisotopic (exact) mass is 356 g/mol. The second-order valence-electron chi connectivity index (χ2n) is 5.40. The molecule has 1 atom stereocenters. The van der Waals surface area contributed by atoms with Gasteiger partial charge in [0.05, 0.1) is 10.7 Å². The Morgan fingerprint density at radius 1 is 1.12 bits per heavy atom. The molecule has 0 fully saturated rings. The fraction of sp³-hybridized carbons (Fsp3) is 0.0556. The number of H-pyrrole nitrogens is 1. The first-order chi connectivity index (χ1) is 12.0. The maximum Gasteiger partial charge on any atom is 0.320 e. The minimum absolute atomic E-state index is 0.148. The number of carboxylic acid groups (broad SMARTS) is 1. The van der Waals surface area contributed by atoms with Gasteiger partial charge in [-0.25, -0.2) is 0 Å². The number of aromatic amines is 1. The second-order valence-corrected chi connectivity index (χ2v) is 5.80. The van der Waals surface area contributed by atoms with E-state index in [4.69, 9.17) is 11.6 Å². The number of rotatable bonds is 4. The van der Waals surface area contributed by atoms with Crippen LogP contribution in [0.3, 0.4) is 0 Å². The number of aromatic nitrogens is 1. The number of benzene rings is 2. The van der Waals surface area contributed by atoms with E-state index in [0.717, 1.165) is 0 Å². The van der Waals surface area contributed by atoms with Gasteiger partial charge in [-0.05, 0) is 29.1 Å². The number of fused-ring (bicyclic) bond motifs is 1. The molecular weight excluding hydrogens is 344 g/mol. The van der Waals surface area contributed by atoms with Crippen molar-refractivity contribution in [2.24, 2.45) is 0 Å². The molecular formula is C18H13ClN2O4. The molecule has 0 radical (unpaired) electrons. The van der Waals surface area contributed by atoms with E-state index in [1.807, 2.05) is 0 Å². The van der Waals surface area contributed by atoms with Crippen molar-refractivity contribution in [2.45, 2.75) is 5.92 Å². The number of aliphatic carboxylic acids is 1. The fourth-order valence-corrected chi connectivity index (χ4v) is 2.77. The van der Waals surface area contributed by atoms with Crippen LogP contribution in [0.2, 0.25) is 5.02 Å². The van der Waals surface area contributed by atoms with Gasteiger partial charge in [-0.2, -0.15) is 0 Å². The fourth-order valence-electron chi connectivity index (χ4n) is 2.56. The molecule has 6 nitrogen and oxygen atoms in total. The molecule has 1 aromatic heterocycles. The zero-order valence-electron chi connectivity index (χ0n) is 12.8. The normalized spacial score (nSPS) is 11.9. The standard InChI is InChI=1S/C18H13ClN2O4/c19-13-9-12-11(6-7-20-16(12)22)8-14(13)21-17(23)15(18(24)25)10-4-2-1-3-5-10/h1-9,15H,(H,20,22)(H,21,23)(H,24,25). The molecule has 0 aliphatic rings. The molecule has 0 saturated heterocycles. The van der Waals surface area contributed by atoms with Crippen LogP contribution >= 0.6 is 11.6 Å². The number of nitrogens with one attached hydrogen (secondary N) is 2. The topological polar surface area (TPSA) is 99.3 Å². The molecule has 3 rings (SSSR count). The lowest BCUT2D eigenvalue weighted by Gasteiger charge is -2.14. The van der Waals surface area contributed by atoms with Crippen LogP contribution in [-0.4, -0.2) is 22.0 Å². The Bertz CT molecular complexity index is 1010. The molecule has 0 aliphatic heterocycles. The van der Waals surface area contributed by atoms with Crippen LogP contribution < -0.4 is 10.9 Å². The van der Waals surface area contributed by atoms with Crippen molar-refractivity contribution >= 4 is 39.9 Å². The van der Waals surface area contributed by atoms with Crippen LogP contribution in [0.5, 0.6) is 0 Å². The molecule has 0 aliphatic carbocycles. The van der Waals surface area contributed by atoms with Gasteiger partial charge in [0.2, 0.25) is 5.91 Å². The third kappa shape index (κ3) is 3.39. The number of pyridine rings is 1. The third-order valence-electron chi connectivity index (χ3n) is 3.76. The molecule has 126 valence electrons. The Balaban J connectivity index is 1.97. The molecule has 0 bridgehead atoms. The lowest BCUT2D eigenvalue weighted by atomic mass is 9.98. The summed E-state index contributed by atoms with van der Waals surface area (Å²) in [5.74, 6) is -3.35. The predicted octanol–water partition coefficient (Wildman–Crippen LogP) is 2.99. The van der Waals surface area contributed by atoms with Gasteiger partial charge < -0.3 is 15.4 Å². The number of hydrogen-bond donors (Lipinski definition) is 3.